The summed E-state index contributed by atoms with van der Waals surface area (Å²) in [4.78, 5) is 11.9. The fraction of sp³-hybridized carbons (Fsp3) is 0.917. The van der Waals surface area contributed by atoms with Gasteiger partial charge >= 0.3 is 0 Å². The Labute approximate surface area is 87.2 Å². The van der Waals surface area contributed by atoms with E-state index in [2.05, 4.69) is 13.8 Å². The highest BCUT2D eigenvalue weighted by molar-refractivity contribution is 5.81. The summed E-state index contributed by atoms with van der Waals surface area (Å²) in [5.74, 6) is 1.77. The van der Waals surface area contributed by atoms with Gasteiger partial charge in [0.25, 0.3) is 0 Å². The molecular formula is C12H23NO. The largest absolute Gasteiger partial charge is 0.330 e. The normalized spacial score (nSPS) is 29.1. The predicted octanol–water partition coefficient (Wildman–Crippen LogP) is 2.37. The summed E-state index contributed by atoms with van der Waals surface area (Å²) in [5, 5.41) is 0. The quantitative estimate of drug-likeness (QED) is 0.735. The van der Waals surface area contributed by atoms with Crippen LogP contribution in [0.25, 0.3) is 0 Å². The maximum Gasteiger partial charge on any atom is 0.136 e. The van der Waals surface area contributed by atoms with Crippen LogP contribution < -0.4 is 5.73 Å². The number of hydrogen-bond acceptors (Lipinski definition) is 2. The molecule has 0 saturated heterocycles. The van der Waals surface area contributed by atoms with Gasteiger partial charge < -0.3 is 5.73 Å². The Balaban J connectivity index is 2.43. The van der Waals surface area contributed by atoms with Gasteiger partial charge in [0.1, 0.15) is 5.78 Å². The van der Waals surface area contributed by atoms with E-state index in [0.717, 1.165) is 25.7 Å². The maximum atomic E-state index is 11.9. The number of carbonyl (C=O) groups excluding carboxylic acids is 1. The van der Waals surface area contributed by atoms with Crippen LogP contribution in [0.1, 0.15) is 46.0 Å². The molecule has 0 spiro atoms. The number of carbonyl (C=O) groups is 1. The van der Waals surface area contributed by atoms with Crippen molar-refractivity contribution in [1.29, 1.82) is 0 Å². The number of Topliss-reactive ketones (excluding diaryl/α,β-unsaturated/α-hetero) is 1. The lowest BCUT2D eigenvalue weighted by atomic mass is 9.87. The Morgan fingerprint density at radius 2 is 2.21 bits per heavy atom. The van der Waals surface area contributed by atoms with Gasteiger partial charge in [0, 0.05) is 12.3 Å². The highest BCUT2D eigenvalue weighted by atomic mass is 16.1. The second-order valence-corrected chi connectivity index (χ2v) is 4.72. The van der Waals surface area contributed by atoms with Crippen molar-refractivity contribution >= 4 is 5.78 Å². The van der Waals surface area contributed by atoms with Crippen molar-refractivity contribution in [3.8, 4) is 0 Å². The van der Waals surface area contributed by atoms with E-state index in [-0.39, 0.29) is 5.92 Å². The van der Waals surface area contributed by atoms with Gasteiger partial charge in [0.05, 0.1) is 0 Å². The molecule has 82 valence electrons. The van der Waals surface area contributed by atoms with Crippen molar-refractivity contribution < 1.29 is 4.79 Å². The third kappa shape index (κ3) is 2.81. The zero-order valence-electron chi connectivity index (χ0n) is 9.46. The van der Waals surface area contributed by atoms with Crippen LogP contribution in [0.2, 0.25) is 0 Å². The lowest BCUT2D eigenvalue weighted by Gasteiger charge is -2.18. The van der Waals surface area contributed by atoms with Crippen LogP contribution in [-0.4, -0.2) is 12.3 Å². The smallest absolute Gasteiger partial charge is 0.136 e. The Morgan fingerprint density at radius 3 is 2.79 bits per heavy atom. The second-order valence-electron chi connectivity index (χ2n) is 4.72. The average molecular weight is 197 g/mol. The lowest BCUT2D eigenvalue weighted by molar-refractivity contribution is -0.124. The molecule has 2 nitrogen and oxygen atoms in total. The summed E-state index contributed by atoms with van der Waals surface area (Å²) in [6.07, 6.45) is 5.30. The summed E-state index contributed by atoms with van der Waals surface area (Å²) in [6.45, 7) is 4.99. The summed E-state index contributed by atoms with van der Waals surface area (Å²) in [6, 6.07) is 0. The standard InChI is InChI=1S/C12H23NO/c1-3-9(2)7-12(14)11-6-4-5-10(11)8-13/h9-11H,3-8,13H2,1-2H3. The molecule has 0 aromatic rings. The van der Waals surface area contributed by atoms with Gasteiger partial charge in [-0.25, -0.2) is 0 Å². The number of ketones is 1. The minimum Gasteiger partial charge on any atom is -0.330 e. The summed E-state index contributed by atoms with van der Waals surface area (Å²) < 4.78 is 0. The fourth-order valence-electron chi connectivity index (χ4n) is 2.38. The molecule has 0 amide bonds. The fourth-order valence-corrected chi connectivity index (χ4v) is 2.38. The van der Waals surface area contributed by atoms with E-state index >= 15 is 0 Å². The van der Waals surface area contributed by atoms with Gasteiger partial charge in [0.2, 0.25) is 0 Å². The van der Waals surface area contributed by atoms with Crippen LogP contribution in [0, 0.1) is 17.8 Å². The molecular weight excluding hydrogens is 174 g/mol. The van der Waals surface area contributed by atoms with Crippen molar-refractivity contribution in [3.63, 3.8) is 0 Å². The third-order valence-electron chi connectivity index (χ3n) is 3.62. The first-order valence-electron chi connectivity index (χ1n) is 5.91. The van der Waals surface area contributed by atoms with Crippen LogP contribution in [0.4, 0.5) is 0 Å². The van der Waals surface area contributed by atoms with Crippen molar-refractivity contribution in [2.24, 2.45) is 23.5 Å². The Kier molecular flexibility index (Phi) is 4.59. The molecule has 2 N–H and O–H groups in total. The molecule has 0 aliphatic heterocycles. The molecule has 0 bridgehead atoms. The molecule has 0 radical (unpaired) electrons. The Hall–Kier alpha value is -0.370. The first kappa shape index (κ1) is 11.7. The van der Waals surface area contributed by atoms with Crippen molar-refractivity contribution in [1.82, 2.24) is 0 Å². The van der Waals surface area contributed by atoms with Gasteiger partial charge in [-0.05, 0) is 31.2 Å². The van der Waals surface area contributed by atoms with Gasteiger partial charge in [-0.1, -0.05) is 26.7 Å². The molecule has 3 atom stereocenters. The Morgan fingerprint density at radius 1 is 1.50 bits per heavy atom. The molecule has 1 saturated carbocycles. The number of hydrogen-bond donors (Lipinski definition) is 1. The minimum atomic E-state index is 0.286. The van der Waals surface area contributed by atoms with Gasteiger partial charge in [-0.15, -0.1) is 0 Å². The zero-order chi connectivity index (χ0) is 10.6. The van der Waals surface area contributed by atoms with E-state index in [4.69, 9.17) is 5.73 Å². The molecule has 0 heterocycles. The molecule has 1 aliphatic carbocycles. The van der Waals surface area contributed by atoms with E-state index in [1.54, 1.807) is 0 Å². The minimum absolute atomic E-state index is 0.286. The average Bonchev–Trinajstić information content (AvgIpc) is 2.65. The highest BCUT2D eigenvalue weighted by Crippen LogP contribution is 2.33. The van der Waals surface area contributed by atoms with E-state index in [9.17, 15) is 4.79 Å². The predicted molar refractivity (Wildman–Crippen MR) is 59.0 cm³/mol. The number of rotatable bonds is 5. The lowest BCUT2D eigenvalue weighted by Crippen LogP contribution is -2.26. The van der Waals surface area contributed by atoms with Crippen LogP contribution in [-0.2, 0) is 4.79 Å². The van der Waals surface area contributed by atoms with E-state index in [1.165, 1.54) is 6.42 Å². The SMILES string of the molecule is CCC(C)CC(=O)C1CCCC1CN. The Bertz CT molecular complexity index is 191. The number of nitrogens with two attached hydrogens (primary N) is 1. The van der Waals surface area contributed by atoms with Crippen molar-refractivity contribution in [2.75, 3.05) is 6.54 Å². The van der Waals surface area contributed by atoms with Gasteiger partial charge in [-0.3, -0.25) is 4.79 Å². The monoisotopic (exact) mass is 197 g/mol. The topological polar surface area (TPSA) is 43.1 Å². The van der Waals surface area contributed by atoms with Crippen LogP contribution in [0.3, 0.4) is 0 Å². The van der Waals surface area contributed by atoms with Gasteiger partial charge in [0.15, 0.2) is 0 Å². The molecule has 2 heteroatoms. The van der Waals surface area contributed by atoms with Crippen LogP contribution >= 0.6 is 0 Å². The summed E-state index contributed by atoms with van der Waals surface area (Å²) >= 11 is 0. The summed E-state index contributed by atoms with van der Waals surface area (Å²) in [5.41, 5.74) is 5.67. The van der Waals surface area contributed by atoms with Crippen molar-refractivity contribution in [3.05, 3.63) is 0 Å². The molecule has 14 heavy (non-hydrogen) atoms. The third-order valence-corrected chi connectivity index (χ3v) is 3.62. The van der Waals surface area contributed by atoms with Gasteiger partial charge in [-0.2, -0.15) is 0 Å². The summed E-state index contributed by atoms with van der Waals surface area (Å²) in [7, 11) is 0. The second kappa shape index (κ2) is 5.50. The zero-order valence-corrected chi connectivity index (χ0v) is 9.46. The first-order chi connectivity index (χ1) is 6.69. The van der Waals surface area contributed by atoms with E-state index in [1.807, 2.05) is 0 Å². The maximum absolute atomic E-state index is 11.9. The first-order valence-corrected chi connectivity index (χ1v) is 5.91. The highest BCUT2D eigenvalue weighted by Gasteiger charge is 2.31. The van der Waals surface area contributed by atoms with Crippen LogP contribution in [0.5, 0.6) is 0 Å². The van der Waals surface area contributed by atoms with Crippen LogP contribution in [0.15, 0.2) is 0 Å². The molecule has 3 unspecified atom stereocenters. The molecule has 0 aromatic carbocycles. The van der Waals surface area contributed by atoms with Crippen molar-refractivity contribution in [2.45, 2.75) is 46.0 Å². The van der Waals surface area contributed by atoms with E-state index in [0.29, 0.717) is 24.2 Å². The molecule has 1 fully saturated rings. The molecule has 1 rings (SSSR count). The molecule has 1 aliphatic rings. The van der Waals surface area contributed by atoms with E-state index < -0.39 is 0 Å². The molecule has 0 aromatic heterocycles.